The van der Waals surface area contributed by atoms with E-state index in [1.165, 1.54) is 6.20 Å². The number of hydrogen-bond acceptors (Lipinski definition) is 5. The highest BCUT2D eigenvalue weighted by Crippen LogP contribution is 2.30. The van der Waals surface area contributed by atoms with Gasteiger partial charge in [0.1, 0.15) is 17.8 Å². The largest absolute Gasteiger partial charge is 0.394 e. The van der Waals surface area contributed by atoms with Crippen LogP contribution < -0.4 is 10.6 Å². The van der Waals surface area contributed by atoms with Gasteiger partial charge in [0.15, 0.2) is 0 Å². The van der Waals surface area contributed by atoms with Crippen LogP contribution in [0.15, 0.2) is 54.9 Å². The molecule has 30 heavy (non-hydrogen) atoms. The van der Waals surface area contributed by atoms with Gasteiger partial charge in [-0.2, -0.15) is 0 Å². The van der Waals surface area contributed by atoms with Gasteiger partial charge < -0.3 is 25.5 Å². The second kappa shape index (κ2) is 10.0. The Labute approximate surface area is 179 Å². The highest BCUT2D eigenvalue weighted by atomic mass is 35.5. The van der Waals surface area contributed by atoms with Crippen LogP contribution in [0.5, 0.6) is 0 Å². The molecule has 2 heterocycles. The maximum absolute atomic E-state index is 12.7. The predicted octanol–water partition coefficient (Wildman–Crippen LogP) is 3.58. The van der Waals surface area contributed by atoms with Gasteiger partial charge in [-0.15, -0.1) is 0 Å². The highest BCUT2D eigenvalue weighted by Gasteiger charge is 2.17. The van der Waals surface area contributed by atoms with Crippen molar-refractivity contribution in [3.8, 4) is 11.1 Å². The maximum atomic E-state index is 12.7. The van der Waals surface area contributed by atoms with Crippen molar-refractivity contribution in [2.45, 2.75) is 25.4 Å². The molecule has 0 saturated heterocycles. The zero-order valence-corrected chi connectivity index (χ0v) is 17.2. The molecule has 2 atom stereocenters. The monoisotopic (exact) mass is 426 g/mol. The first kappa shape index (κ1) is 21.5. The number of carbonyl (C=O) groups excluding carboxylic acids is 2. The molecule has 0 unspecified atom stereocenters. The summed E-state index contributed by atoms with van der Waals surface area (Å²) in [5.41, 5.74) is 2.52. The number of H-pyrrole nitrogens is 1. The number of nitrogens with one attached hydrogen (secondary N) is 3. The molecule has 156 valence electrons. The Kier molecular flexibility index (Phi) is 7.21. The van der Waals surface area contributed by atoms with Crippen molar-refractivity contribution in [3.05, 3.63) is 71.1 Å². The van der Waals surface area contributed by atoms with Gasteiger partial charge in [0.2, 0.25) is 0 Å². The summed E-state index contributed by atoms with van der Waals surface area (Å²) in [5, 5.41) is 15.9. The quantitative estimate of drug-likeness (QED) is 0.391. The van der Waals surface area contributed by atoms with E-state index >= 15 is 0 Å². The minimum atomic E-state index is -0.514. The van der Waals surface area contributed by atoms with Crippen LogP contribution in [0.4, 0.5) is 5.82 Å². The Balaban J connectivity index is 1.78. The Bertz CT molecular complexity index is 1010. The normalized spacial score (nSPS) is 12.8. The first-order valence-electron chi connectivity index (χ1n) is 9.58. The molecular weight excluding hydrogens is 404 g/mol. The molecule has 1 aromatic carbocycles. The van der Waals surface area contributed by atoms with Crippen LogP contribution in [-0.2, 0) is 4.79 Å². The van der Waals surface area contributed by atoms with Gasteiger partial charge in [0.25, 0.3) is 5.91 Å². The lowest BCUT2D eigenvalue weighted by Gasteiger charge is -2.16. The van der Waals surface area contributed by atoms with Crippen molar-refractivity contribution in [3.63, 3.8) is 0 Å². The molecule has 3 rings (SSSR count). The summed E-state index contributed by atoms with van der Waals surface area (Å²) >= 11 is 6.30. The van der Waals surface area contributed by atoms with Crippen molar-refractivity contribution < 1.29 is 14.7 Å². The number of aldehydes is 1. The predicted molar refractivity (Wildman–Crippen MR) is 117 cm³/mol. The van der Waals surface area contributed by atoms with Crippen LogP contribution in [-0.4, -0.2) is 39.9 Å². The minimum Gasteiger partial charge on any atom is -0.394 e. The zero-order valence-electron chi connectivity index (χ0n) is 16.4. The number of carbonyl (C=O) groups is 2. The van der Waals surface area contributed by atoms with E-state index in [1.54, 1.807) is 18.3 Å². The summed E-state index contributed by atoms with van der Waals surface area (Å²) in [6.07, 6.45) is 4.64. The van der Waals surface area contributed by atoms with Gasteiger partial charge in [-0.3, -0.25) is 4.79 Å². The fourth-order valence-electron chi connectivity index (χ4n) is 3.00. The lowest BCUT2D eigenvalue weighted by atomic mass is 10.1. The summed E-state index contributed by atoms with van der Waals surface area (Å²) in [6.45, 7) is 1.68. The molecule has 1 amide bonds. The first-order chi connectivity index (χ1) is 14.5. The lowest BCUT2D eigenvalue weighted by Crippen LogP contribution is -2.30. The van der Waals surface area contributed by atoms with Crippen molar-refractivity contribution in [1.29, 1.82) is 0 Å². The van der Waals surface area contributed by atoms with E-state index in [2.05, 4.69) is 20.6 Å². The number of aliphatic hydroxyl groups excluding tert-OH is 1. The first-order valence-corrected chi connectivity index (χ1v) is 9.96. The Morgan fingerprint density at radius 2 is 2.07 bits per heavy atom. The third-order valence-electron chi connectivity index (χ3n) is 4.72. The third kappa shape index (κ3) is 5.06. The number of benzene rings is 1. The van der Waals surface area contributed by atoms with Crippen LogP contribution in [0, 0.1) is 0 Å². The van der Waals surface area contributed by atoms with Crippen molar-refractivity contribution >= 4 is 29.6 Å². The molecular formula is C22H23ClN4O3. The number of aromatic amines is 1. The van der Waals surface area contributed by atoms with E-state index < -0.39 is 6.04 Å². The van der Waals surface area contributed by atoms with E-state index in [9.17, 15) is 14.7 Å². The van der Waals surface area contributed by atoms with Crippen molar-refractivity contribution in [2.24, 2.45) is 0 Å². The number of anilines is 1. The van der Waals surface area contributed by atoms with E-state index in [-0.39, 0.29) is 18.6 Å². The van der Waals surface area contributed by atoms with Crippen molar-refractivity contribution in [1.82, 2.24) is 15.3 Å². The molecule has 0 fully saturated rings. The second-order valence-corrected chi connectivity index (χ2v) is 7.17. The number of amides is 1. The summed E-state index contributed by atoms with van der Waals surface area (Å²) < 4.78 is 0. The minimum absolute atomic E-state index is 0.218. The molecule has 2 aromatic heterocycles. The van der Waals surface area contributed by atoms with Gasteiger partial charge in [0, 0.05) is 23.5 Å². The van der Waals surface area contributed by atoms with Crippen LogP contribution in [0.2, 0.25) is 5.02 Å². The van der Waals surface area contributed by atoms with Crippen molar-refractivity contribution in [2.75, 3.05) is 11.9 Å². The topological polar surface area (TPSA) is 107 Å². The van der Waals surface area contributed by atoms with Crippen LogP contribution in [0.3, 0.4) is 0 Å². The van der Waals surface area contributed by atoms with Crippen LogP contribution in [0.1, 0.15) is 35.4 Å². The summed E-state index contributed by atoms with van der Waals surface area (Å²) in [7, 11) is 0. The Morgan fingerprint density at radius 1 is 1.30 bits per heavy atom. The fraction of sp³-hybridized carbons (Fsp3) is 0.227. The third-order valence-corrected chi connectivity index (χ3v) is 5.02. The highest BCUT2D eigenvalue weighted by molar-refractivity contribution is 6.33. The molecule has 0 bridgehead atoms. The number of hydrogen-bond donors (Lipinski definition) is 4. The lowest BCUT2D eigenvalue weighted by molar-refractivity contribution is -0.108. The molecule has 8 heteroatoms. The summed E-state index contributed by atoms with van der Waals surface area (Å²) in [4.78, 5) is 30.9. The standard InChI is InChI=1S/C22H23ClN4O3/c1-2-16(12-28)26-21-9-17(18(23)11-25-21)15-8-19(24-10-15)22(30)27-20(13-29)14-6-4-3-5-7-14/h3-12,16,20,24,29H,2,13H2,1H3,(H,25,26)(H,27,30)/t16-,20+/m0/s1. The zero-order chi connectivity index (χ0) is 21.5. The number of aromatic nitrogens is 2. The Hall–Kier alpha value is -3.16. The van der Waals surface area contributed by atoms with Gasteiger partial charge in [-0.1, -0.05) is 48.9 Å². The van der Waals surface area contributed by atoms with E-state index in [1.807, 2.05) is 37.3 Å². The van der Waals surface area contributed by atoms with E-state index in [4.69, 9.17) is 11.6 Å². The number of halogens is 1. The van der Waals surface area contributed by atoms with E-state index in [0.29, 0.717) is 34.1 Å². The molecule has 7 nitrogen and oxygen atoms in total. The number of rotatable bonds is 9. The average molecular weight is 427 g/mol. The van der Waals surface area contributed by atoms with Gasteiger partial charge >= 0.3 is 0 Å². The molecule has 0 saturated carbocycles. The Morgan fingerprint density at radius 3 is 2.73 bits per heavy atom. The fourth-order valence-corrected chi connectivity index (χ4v) is 3.21. The molecule has 4 N–H and O–H groups in total. The SMILES string of the molecule is CC[C@@H](C=O)Nc1cc(-c2c[nH]c(C(=O)N[C@H](CO)c3ccccc3)c2)c(Cl)cn1. The number of aliphatic hydroxyl groups is 1. The molecule has 0 aliphatic rings. The van der Waals surface area contributed by atoms with Crippen LogP contribution >= 0.6 is 11.6 Å². The molecule has 0 aliphatic heterocycles. The summed E-state index contributed by atoms with van der Waals surface area (Å²) in [6, 6.07) is 11.8. The van der Waals surface area contributed by atoms with Gasteiger partial charge in [-0.25, -0.2) is 4.98 Å². The number of pyridine rings is 1. The molecule has 3 aromatic rings. The maximum Gasteiger partial charge on any atom is 0.268 e. The number of nitrogens with zero attached hydrogens (tertiary/aromatic N) is 1. The van der Waals surface area contributed by atoms with E-state index in [0.717, 1.165) is 11.8 Å². The van der Waals surface area contributed by atoms with Crippen LogP contribution in [0.25, 0.3) is 11.1 Å². The van der Waals surface area contributed by atoms with Gasteiger partial charge in [-0.05, 0) is 24.1 Å². The molecule has 0 radical (unpaired) electrons. The molecule has 0 spiro atoms. The smallest absolute Gasteiger partial charge is 0.268 e. The van der Waals surface area contributed by atoms with Gasteiger partial charge in [0.05, 0.1) is 23.7 Å². The summed E-state index contributed by atoms with van der Waals surface area (Å²) in [5.74, 6) is 0.171. The molecule has 0 aliphatic carbocycles. The average Bonchev–Trinajstić information content (AvgIpc) is 3.27. The second-order valence-electron chi connectivity index (χ2n) is 6.77.